The maximum Gasteiger partial charge on any atom is 0.255 e. The van der Waals surface area contributed by atoms with Gasteiger partial charge in [-0.15, -0.1) is 5.10 Å². The molecule has 3 aromatic rings. The van der Waals surface area contributed by atoms with Gasteiger partial charge in [0.2, 0.25) is 0 Å². The van der Waals surface area contributed by atoms with Gasteiger partial charge in [0.25, 0.3) is 5.91 Å². The lowest BCUT2D eigenvalue weighted by Crippen LogP contribution is -2.68. The second-order valence-corrected chi connectivity index (χ2v) is 7.93. The van der Waals surface area contributed by atoms with Crippen molar-refractivity contribution in [1.82, 2.24) is 19.6 Å². The quantitative estimate of drug-likeness (QED) is 0.659. The van der Waals surface area contributed by atoms with Gasteiger partial charge in [-0.1, -0.05) is 41.7 Å². The van der Waals surface area contributed by atoms with Crippen LogP contribution in [0, 0.1) is 0 Å². The summed E-state index contributed by atoms with van der Waals surface area (Å²) in [7, 11) is 1.78. The van der Waals surface area contributed by atoms with E-state index in [9.17, 15) is 4.79 Å². The van der Waals surface area contributed by atoms with E-state index in [0.29, 0.717) is 37.7 Å². The molecule has 8 nitrogen and oxygen atoms in total. The zero-order chi connectivity index (χ0) is 20.0. The maximum absolute atomic E-state index is 13.2. The van der Waals surface area contributed by atoms with E-state index in [0.717, 1.165) is 22.0 Å². The van der Waals surface area contributed by atoms with Gasteiger partial charge in [-0.3, -0.25) is 4.79 Å². The minimum Gasteiger partial charge on any atom is -0.377 e. The first kappa shape index (κ1) is 18.1. The summed E-state index contributed by atoms with van der Waals surface area (Å²) in [5.41, 5.74) is 1.72. The molecule has 0 unspecified atom stereocenters. The number of hydrogen-bond acceptors (Lipinski definition) is 8. The number of morpholine rings is 1. The molecule has 1 amide bonds. The second-order valence-electron chi connectivity index (χ2n) is 7.17. The molecular weight excluding hydrogens is 388 g/mol. The third kappa shape index (κ3) is 2.65. The Kier molecular flexibility index (Phi) is 4.29. The van der Waals surface area contributed by atoms with Crippen LogP contribution in [-0.4, -0.2) is 57.8 Å². The molecule has 2 aliphatic heterocycles. The Hall–Kier alpha value is -2.91. The van der Waals surface area contributed by atoms with Gasteiger partial charge in [0, 0.05) is 19.2 Å². The Labute approximate surface area is 172 Å². The highest BCUT2D eigenvalue weighted by atomic mass is 32.1. The number of anilines is 2. The smallest absolute Gasteiger partial charge is 0.255 e. The van der Waals surface area contributed by atoms with Crippen LogP contribution in [0.4, 0.5) is 11.5 Å². The molecule has 1 atom stereocenters. The van der Waals surface area contributed by atoms with Crippen LogP contribution in [0.5, 0.6) is 0 Å². The SMILES string of the molecule is CC[C@@]12COCCN1c1nc(-c3snnc3-c3ccccc3)ncc1N(C)C2=O. The van der Waals surface area contributed by atoms with Gasteiger partial charge in [-0.2, -0.15) is 0 Å². The molecule has 0 saturated carbocycles. The first-order chi connectivity index (χ1) is 14.2. The number of amides is 1. The summed E-state index contributed by atoms with van der Waals surface area (Å²) in [4.78, 5) is 27.2. The van der Waals surface area contributed by atoms with Crippen LogP contribution < -0.4 is 9.80 Å². The number of rotatable bonds is 3. The van der Waals surface area contributed by atoms with E-state index in [4.69, 9.17) is 9.72 Å². The molecular formula is C20H20N6O2S. The maximum atomic E-state index is 13.2. The Morgan fingerprint density at radius 3 is 2.90 bits per heavy atom. The van der Waals surface area contributed by atoms with Crippen molar-refractivity contribution >= 4 is 28.9 Å². The number of ether oxygens (including phenoxy) is 1. The highest BCUT2D eigenvalue weighted by molar-refractivity contribution is 7.09. The minimum absolute atomic E-state index is 0.0213. The molecule has 2 aliphatic rings. The molecule has 0 radical (unpaired) electrons. The number of fused-ring (bicyclic) bond motifs is 3. The zero-order valence-electron chi connectivity index (χ0n) is 16.2. The number of benzene rings is 1. The molecule has 0 aliphatic carbocycles. The predicted octanol–water partition coefficient (Wildman–Crippen LogP) is 2.62. The molecule has 0 N–H and O–H groups in total. The summed E-state index contributed by atoms with van der Waals surface area (Å²) in [5.74, 6) is 1.35. The summed E-state index contributed by atoms with van der Waals surface area (Å²) in [6.07, 6.45) is 2.37. The number of carbonyl (C=O) groups is 1. The fraction of sp³-hybridized carbons (Fsp3) is 0.350. The lowest BCUT2D eigenvalue weighted by Gasteiger charge is -2.51. The van der Waals surface area contributed by atoms with Crippen molar-refractivity contribution < 1.29 is 9.53 Å². The Morgan fingerprint density at radius 2 is 2.10 bits per heavy atom. The summed E-state index contributed by atoms with van der Waals surface area (Å²) in [6, 6.07) is 9.89. The summed E-state index contributed by atoms with van der Waals surface area (Å²) >= 11 is 1.27. The van der Waals surface area contributed by atoms with Gasteiger partial charge in [0.05, 0.1) is 19.4 Å². The van der Waals surface area contributed by atoms with E-state index in [1.54, 1.807) is 18.1 Å². The number of likely N-dealkylation sites (N-methyl/N-ethyl adjacent to an activating group) is 1. The van der Waals surface area contributed by atoms with Crippen LogP contribution in [0.3, 0.4) is 0 Å². The van der Waals surface area contributed by atoms with Crippen LogP contribution in [0.2, 0.25) is 0 Å². The van der Waals surface area contributed by atoms with Crippen molar-refractivity contribution in [3.63, 3.8) is 0 Å². The molecule has 29 heavy (non-hydrogen) atoms. The van der Waals surface area contributed by atoms with E-state index in [2.05, 4.69) is 19.5 Å². The first-order valence-corrected chi connectivity index (χ1v) is 10.3. The summed E-state index contributed by atoms with van der Waals surface area (Å²) in [6.45, 7) is 3.56. The topological polar surface area (TPSA) is 84.3 Å². The normalized spacial score (nSPS) is 21.1. The Bertz CT molecular complexity index is 1070. The number of nitrogens with zero attached hydrogens (tertiary/aromatic N) is 6. The molecule has 2 aromatic heterocycles. The largest absolute Gasteiger partial charge is 0.377 e. The van der Waals surface area contributed by atoms with Crippen LogP contribution in [0.15, 0.2) is 36.5 Å². The zero-order valence-corrected chi connectivity index (χ0v) is 17.0. The highest BCUT2D eigenvalue weighted by Gasteiger charge is 2.52. The van der Waals surface area contributed by atoms with Crippen molar-refractivity contribution in [2.45, 2.75) is 18.9 Å². The second kappa shape index (κ2) is 6.85. The lowest BCUT2D eigenvalue weighted by atomic mass is 9.89. The van der Waals surface area contributed by atoms with Gasteiger partial charge in [-0.25, -0.2) is 9.97 Å². The summed E-state index contributed by atoms with van der Waals surface area (Å²) < 4.78 is 9.83. The number of hydrogen-bond donors (Lipinski definition) is 0. The molecule has 5 rings (SSSR count). The van der Waals surface area contributed by atoms with Crippen LogP contribution in [-0.2, 0) is 9.53 Å². The fourth-order valence-corrected chi connectivity index (χ4v) is 4.70. The molecule has 148 valence electrons. The first-order valence-electron chi connectivity index (χ1n) is 9.54. The average molecular weight is 408 g/mol. The van der Waals surface area contributed by atoms with E-state index < -0.39 is 5.54 Å². The number of carbonyl (C=O) groups excluding carboxylic acids is 1. The van der Waals surface area contributed by atoms with Gasteiger partial charge < -0.3 is 14.5 Å². The molecule has 4 heterocycles. The van der Waals surface area contributed by atoms with Crippen LogP contribution >= 0.6 is 11.5 Å². The minimum atomic E-state index is -0.722. The van der Waals surface area contributed by atoms with E-state index in [-0.39, 0.29) is 5.91 Å². The average Bonchev–Trinajstić information content (AvgIpc) is 3.27. The number of aromatic nitrogens is 4. The van der Waals surface area contributed by atoms with Gasteiger partial charge in [0.15, 0.2) is 11.6 Å². The lowest BCUT2D eigenvalue weighted by molar-refractivity contribution is -0.128. The highest BCUT2D eigenvalue weighted by Crippen LogP contribution is 2.42. The van der Waals surface area contributed by atoms with Gasteiger partial charge >= 0.3 is 0 Å². The van der Waals surface area contributed by atoms with Gasteiger partial charge in [-0.05, 0) is 18.0 Å². The third-order valence-electron chi connectivity index (χ3n) is 5.71. The molecule has 1 saturated heterocycles. The molecule has 1 fully saturated rings. The van der Waals surface area contributed by atoms with Gasteiger partial charge in [0.1, 0.15) is 21.8 Å². The monoisotopic (exact) mass is 408 g/mol. The van der Waals surface area contributed by atoms with Crippen molar-refractivity contribution in [2.24, 2.45) is 0 Å². The Balaban J connectivity index is 1.65. The van der Waals surface area contributed by atoms with Crippen LogP contribution in [0.25, 0.3) is 22.0 Å². The van der Waals surface area contributed by atoms with E-state index >= 15 is 0 Å². The summed E-state index contributed by atoms with van der Waals surface area (Å²) in [5, 5.41) is 4.30. The van der Waals surface area contributed by atoms with E-state index in [1.807, 2.05) is 37.3 Å². The predicted molar refractivity (Wildman–Crippen MR) is 111 cm³/mol. The molecule has 9 heteroatoms. The van der Waals surface area contributed by atoms with Crippen LogP contribution in [0.1, 0.15) is 13.3 Å². The molecule has 0 spiro atoms. The fourth-order valence-electron chi connectivity index (χ4n) is 4.07. The van der Waals surface area contributed by atoms with Crippen molar-refractivity contribution in [1.29, 1.82) is 0 Å². The molecule has 0 bridgehead atoms. The van der Waals surface area contributed by atoms with Crippen molar-refractivity contribution in [3.05, 3.63) is 36.5 Å². The van der Waals surface area contributed by atoms with E-state index in [1.165, 1.54) is 11.5 Å². The van der Waals surface area contributed by atoms with Crippen molar-refractivity contribution in [2.75, 3.05) is 36.6 Å². The molecule has 1 aromatic carbocycles. The third-order valence-corrected chi connectivity index (χ3v) is 6.43. The Morgan fingerprint density at radius 1 is 1.28 bits per heavy atom. The van der Waals surface area contributed by atoms with Crippen molar-refractivity contribution in [3.8, 4) is 22.0 Å². The standard InChI is InChI=1S/C20H20N6O2S/c1-3-20-12-28-10-9-26(20)18-14(25(2)19(20)27)11-21-17(22-18)16-15(23-24-29-16)13-7-5-4-6-8-13/h4-8,11H,3,9-10,12H2,1-2H3/t20-/m0/s1.